The second kappa shape index (κ2) is 10.3. The van der Waals surface area contributed by atoms with Gasteiger partial charge in [0.15, 0.2) is 6.17 Å². The van der Waals surface area contributed by atoms with Crippen molar-refractivity contribution in [2.75, 3.05) is 19.8 Å². The third-order valence-corrected chi connectivity index (χ3v) is 4.75. The van der Waals surface area contributed by atoms with E-state index in [1.54, 1.807) is 0 Å². The predicted octanol–water partition coefficient (Wildman–Crippen LogP) is 3.32. The van der Waals surface area contributed by atoms with Crippen LogP contribution in [0, 0.1) is 11.6 Å². The lowest BCUT2D eigenvalue weighted by Crippen LogP contribution is -2.45. The van der Waals surface area contributed by atoms with Gasteiger partial charge in [-0.05, 0) is 28.1 Å². The van der Waals surface area contributed by atoms with Crippen LogP contribution < -0.4 is 0 Å². The highest BCUT2D eigenvalue weighted by Gasteiger charge is 2.46. The normalized spacial score (nSPS) is 17.5. The molecule has 1 N–H and O–H groups in total. The number of tetrazole rings is 1. The SMILES string of the molecule is OC(Cn1cnnn1)(c1ccc(F)cc1F)C(F)C1=CC=C(/C=C/COCC(F)(F)F)CN1F. The minimum Gasteiger partial charge on any atom is -0.380 e. The first-order chi connectivity index (χ1) is 16.0. The first-order valence-electron chi connectivity index (χ1n) is 9.67. The van der Waals surface area contributed by atoms with Gasteiger partial charge in [0.1, 0.15) is 30.2 Å². The summed E-state index contributed by atoms with van der Waals surface area (Å²) in [4.78, 5) is 0. The number of hydrogen-bond donors (Lipinski definition) is 1. The summed E-state index contributed by atoms with van der Waals surface area (Å²) < 4.78 is 99.7. The number of aliphatic hydroxyl groups is 1. The summed E-state index contributed by atoms with van der Waals surface area (Å²) >= 11 is 0. The van der Waals surface area contributed by atoms with Crippen LogP contribution in [-0.4, -0.2) is 62.5 Å². The molecule has 2 atom stereocenters. The van der Waals surface area contributed by atoms with Gasteiger partial charge in [-0.3, -0.25) is 0 Å². The van der Waals surface area contributed by atoms with Crippen molar-refractivity contribution in [2.45, 2.75) is 24.5 Å². The van der Waals surface area contributed by atoms with E-state index in [2.05, 4.69) is 20.3 Å². The third kappa shape index (κ3) is 6.20. The molecule has 0 fully saturated rings. The van der Waals surface area contributed by atoms with E-state index in [9.17, 15) is 31.5 Å². The Balaban J connectivity index is 1.84. The van der Waals surface area contributed by atoms with Crippen molar-refractivity contribution in [2.24, 2.45) is 0 Å². The molecule has 0 radical (unpaired) electrons. The molecular formula is C20H18F7N5O2. The number of benzene rings is 1. The van der Waals surface area contributed by atoms with Crippen molar-refractivity contribution in [1.29, 1.82) is 0 Å². The van der Waals surface area contributed by atoms with E-state index in [-0.39, 0.29) is 17.3 Å². The zero-order valence-corrected chi connectivity index (χ0v) is 17.3. The average Bonchev–Trinajstić information content (AvgIpc) is 3.25. The summed E-state index contributed by atoms with van der Waals surface area (Å²) in [5, 5.41) is 21.3. The van der Waals surface area contributed by atoms with Crippen LogP contribution in [0.3, 0.4) is 0 Å². The molecule has 1 aromatic carbocycles. The van der Waals surface area contributed by atoms with Crippen molar-refractivity contribution in [3.05, 3.63) is 77.3 Å². The molecule has 1 aromatic heterocycles. The molecule has 0 bridgehead atoms. The van der Waals surface area contributed by atoms with Crippen molar-refractivity contribution in [3.8, 4) is 0 Å². The lowest BCUT2D eigenvalue weighted by Gasteiger charge is -2.35. The summed E-state index contributed by atoms with van der Waals surface area (Å²) in [6.07, 6.45) is -1.25. The number of halogens is 7. The summed E-state index contributed by atoms with van der Waals surface area (Å²) in [7, 11) is 0. The Hall–Kier alpha value is -3.26. The van der Waals surface area contributed by atoms with Crippen molar-refractivity contribution in [3.63, 3.8) is 0 Å². The highest BCUT2D eigenvalue weighted by Crippen LogP contribution is 2.37. The highest BCUT2D eigenvalue weighted by atomic mass is 19.4. The zero-order chi connectivity index (χ0) is 24.9. The van der Waals surface area contributed by atoms with Crippen LogP contribution >= 0.6 is 0 Å². The van der Waals surface area contributed by atoms with E-state index in [4.69, 9.17) is 0 Å². The van der Waals surface area contributed by atoms with Crippen molar-refractivity contribution >= 4 is 0 Å². The lowest BCUT2D eigenvalue weighted by atomic mass is 9.85. The first kappa shape index (κ1) is 25.4. The summed E-state index contributed by atoms with van der Waals surface area (Å²) in [6, 6.07) is 2.08. The van der Waals surface area contributed by atoms with E-state index in [1.165, 1.54) is 18.2 Å². The van der Waals surface area contributed by atoms with Crippen LogP contribution in [0.5, 0.6) is 0 Å². The van der Waals surface area contributed by atoms with Gasteiger partial charge < -0.3 is 9.84 Å². The molecule has 14 heteroatoms. The second-order valence-corrected chi connectivity index (χ2v) is 7.30. The largest absolute Gasteiger partial charge is 0.411 e. The van der Waals surface area contributed by atoms with E-state index < -0.39 is 60.5 Å². The fraction of sp³-hybridized carbons (Fsp3) is 0.350. The number of nitrogens with zero attached hydrogens (tertiary/aromatic N) is 5. The maximum Gasteiger partial charge on any atom is 0.411 e. The summed E-state index contributed by atoms with van der Waals surface area (Å²) in [6.45, 7) is -3.09. The Bertz CT molecular complexity index is 1070. The van der Waals surface area contributed by atoms with E-state index >= 15 is 4.39 Å². The monoisotopic (exact) mass is 493 g/mol. The van der Waals surface area contributed by atoms with Gasteiger partial charge in [0.05, 0.1) is 25.4 Å². The number of hydrogen-bond acceptors (Lipinski definition) is 6. The van der Waals surface area contributed by atoms with Crippen LogP contribution in [0.2, 0.25) is 0 Å². The maximum absolute atomic E-state index is 15.6. The molecule has 0 saturated heterocycles. The van der Waals surface area contributed by atoms with Crippen molar-refractivity contribution < 1.29 is 40.7 Å². The molecule has 7 nitrogen and oxygen atoms in total. The molecule has 0 amide bonds. The maximum atomic E-state index is 15.6. The first-order valence-corrected chi connectivity index (χ1v) is 9.67. The van der Waals surface area contributed by atoms with Gasteiger partial charge in [-0.25, -0.2) is 23.0 Å². The molecule has 2 unspecified atom stereocenters. The molecule has 2 aromatic rings. The Kier molecular flexibility index (Phi) is 7.71. The Labute approximate surface area is 188 Å². The van der Waals surface area contributed by atoms with Gasteiger partial charge in [0.25, 0.3) is 0 Å². The number of allylic oxidation sites excluding steroid dienone is 2. The predicted molar refractivity (Wildman–Crippen MR) is 103 cm³/mol. The fourth-order valence-electron chi connectivity index (χ4n) is 3.22. The zero-order valence-electron chi connectivity index (χ0n) is 17.3. The van der Waals surface area contributed by atoms with Crippen LogP contribution in [0.15, 0.2) is 60.1 Å². The third-order valence-electron chi connectivity index (χ3n) is 4.75. The number of ether oxygens (including phenoxy) is 1. The molecule has 1 aliphatic rings. The molecule has 1 aliphatic heterocycles. The van der Waals surface area contributed by atoms with E-state index in [0.29, 0.717) is 6.07 Å². The number of alkyl halides is 4. The van der Waals surface area contributed by atoms with Gasteiger partial charge in [-0.1, -0.05) is 28.8 Å². The van der Waals surface area contributed by atoms with Crippen molar-refractivity contribution in [1.82, 2.24) is 25.3 Å². The van der Waals surface area contributed by atoms with Gasteiger partial charge in [0, 0.05) is 11.6 Å². The second-order valence-electron chi connectivity index (χ2n) is 7.30. The average molecular weight is 493 g/mol. The quantitative estimate of drug-likeness (QED) is 0.328. The molecular weight excluding hydrogens is 475 g/mol. The number of rotatable bonds is 9. The highest BCUT2D eigenvalue weighted by molar-refractivity contribution is 5.36. The van der Waals surface area contributed by atoms with Crippen LogP contribution in [0.25, 0.3) is 0 Å². The topological polar surface area (TPSA) is 76.3 Å². The smallest absolute Gasteiger partial charge is 0.380 e. The van der Waals surface area contributed by atoms with Crippen LogP contribution in [-0.2, 0) is 16.9 Å². The van der Waals surface area contributed by atoms with Gasteiger partial charge in [-0.15, -0.1) is 5.10 Å². The molecule has 3 rings (SSSR count). The molecule has 34 heavy (non-hydrogen) atoms. The Morgan fingerprint density at radius 3 is 2.59 bits per heavy atom. The standard InChI is InChI=1S/C20H18F7N5O2/c21-14-4-5-15(16(22)8-14)19(33,10-31-12-28-29-30-31)18(23)17-6-3-13(9-32(17)27)2-1-7-34-11-20(24,25)26/h1-6,8,12,18,33H,7,9-11H2/b2-1+. The van der Waals surface area contributed by atoms with Crippen LogP contribution in [0.1, 0.15) is 5.56 Å². The molecule has 0 saturated carbocycles. The van der Waals surface area contributed by atoms with Gasteiger partial charge in [0.2, 0.25) is 0 Å². The van der Waals surface area contributed by atoms with E-state index in [1.807, 2.05) is 0 Å². The Morgan fingerprint density at radius 1 is 1.21 bits per heavy atom. The van der Waals surface area contributed by atoms with Gasteiger partial charge in [-0.2, -0.15) is 13.2 Å². The van der Waals surface area contributed by atoms with Crippen LogP contribution in [0.4, 0.5) is 30.8 Å². The molecule has 0 spiro atoms. The minimum absolute atomic E-state index is 0.0487. The fourth-order valence-corrected chi connectivity index (χ4v) is 3.22. The molecule has 184 valence electrons. The Morgan fingerprint density at radius 2 is 1.97 bits per heavy atom. The molecule has 2 heterocycles. The minimum atomic E-state index is -4.48. The van der Waals surface area contributed by atoms with Gasteiger partial charge >= 0.3 is 6.18 Å². The summed E-state index contributed by atoms with van der Waals surface area (Å²) in [5.41, 5.74) is -3.81. The van der Waals surface area contributed by atoms with E-state index in [0.717, 1.165) is 29.2 Å². The lowest BCUT2D eigenvalue weighted by molar-refractivity contribution is -0.171. The molecule has 0 aliphatic carbocycles. The number of aromatic nitrogens is 4. The summed E-state index contributed by atoms with van der Waals surface area (Å²) in [5.74, 6) is -2.23.